The van der Waals surface area contributed by atoms with Crippen LogP contribution in [0.15, 0.2) is 27.1 Å². The monoisotopic (exact) mass is 354 g/mol. The van der Waals surface area contributed by atoms with Gasteiger partial charge >= 0.3 is 6.18 Å². The number of alkyl halides is 4. The normalized spacial score (nSPS) is 11.8. The molecule has 3 nitrogen and oxygen atoms in total. The quantitative estimate of drug-likeness (QED) is 0.771. The molecule has 0 radical (unpaired) electrons. The van der Waals surface area contributed by atoms with E-state index in [9.17, 15) is 13.2 Å². The predicted octanol–water partition coefficient (Wildman–Crippen LogP) is 4.30. The second-order valence-electron chi connectivity index (χ2n) is 3.63. The largest absolute Gasteiger partial charge is 0.421 e. The molecule has 1 heterocycles. The molecule has 102 valence electrons. The zero-order valence-corrected chi connectivity index (χ0v) is 11.7. The van der Waals surface area contributed by atoms with Gasteiger partial charge in [-0.2, -0.15) is 13.2 Å². The average molecular weight is 356 g/mol. The van der Waals surface area contributed by atoms with Crippen molar-refractivity contribution in [3.8, 4) is 11.5 Å². The van der Waals surface area contributed by atoms with E-state index < -0.39 is 11.7 Å². The fourth-order valence-corrected chi connectivity index (χ4v) is 2.06. The molecule has 0 aliphatic carbocycles. The highest BCUT2D eigenvalue weighted by Crippen LogP contribution is 2.37. The molecule has 0 fully saturated rings. The van der Waals surface area contributed by atoms with Crippen molar-refractivity contribution in [2.24, 2.45) is 0 Å². The van der Waals surface area contributed by atoms with Crippen LogP contribution in [0, 0.1) is 0 Å². The van der Waals surface area contributed by atoms with Gasteiger partial charge in [0.05, 0.1) is 5.56 Å². The summed E-state index contributed by atoms with van der Waals surface area (Å²) in [4.78, 5) is 0. The molecule has 2 aromatic rings. The van der Waals surface area contributed by atoms with Crippen LogP contribution < -0.4 is 0 Å². The number of aryl methyl sites for hydroxylation is 1. The van der Waals surface area contributed by atoms with Crippen molar-refractivity contribution in [3.63, 3.8) is 0 Å². The molecule has 19 heavy (non-hydrogen) atoms. The van der Waals surface area contributed by atoms with Crippen LogP contribution >= 0.6 is 27.5 Å². The van der Waals surface area contributed by atoms with E-state index >= 15 is 0 Å². The maximum Gasteiger partial charge on any atom is 0.417 e. The van der Waals surface area contributed by atoms with Gasteiger partial charge in [0.1, 0.15) is 0 Å². The maximum absolute atomic E-state index is 12.8. The van der Waals surface area contributed by atoms with E-state index in [0.717, 1.165) is 6.07 Å². The van der Waals surface area contributed by atoms with Crippen LogP contribution in [0.2, 0.25) is 0 Å². The fourth-order valence-electron chi connectivity index (χ4n) is 1.43. The van der Waals surface area contributed by atoms with Gasteiger partial charge in [-0.15, -0.1) is 21.8 Å². The maximum atomic E-state index is 12.8. The minimum absolute atomic E-state index is 0.0377. The Morgan fingerprint density at radius 1 is 1.26 bits per heavy atom. The molecule has 0 bridgehead atoms. The lowest BCUT2D eigenvalue weighted by Crippen LogP contribution is -2.06. The molecule has 0 amide bonds. The Bertz CT molecular complexity index is 586. The number of benzene rings is 1. The lowest BCUT2D eigenvalue weighted by atomic mass is 10.1. The van der Waals surface area contributed by atoms with E-state index in [0.29, 0.717) is 18.2 Å². The zero-order chi connectivity index (χ0) is 14.0. The van der Waals surface area contributed by atoms with Gasteiger partial charge in [0.25, 0.3) is 0 Å². The number of nitrogens with zero attached hydrogens (tertiary/aromatic N) is 2. The highest BCUT2D eigenvalue weighted by Gasteiger charge is 2.33. The van der Waals surface area contributed by atoms with E-state index in [2.05, 4.69) is 26.1 Å². The van der Waals surface area contributed by atoms with E-state index in [1.807, 2.05) is 0 Å². The average Bonchev–Trinajstić information content (AvgIpc) is 2.77. The zero-order valence-electron chi connectivity index (χ0n) is 9.34. The third kappa shape index (κ3) is 3.27. The van der Waals surface area contributed by atoms with Crippen molar-refractivity contribution in [2.45, 2.75) is 12.6 Å². The third-order valence-electron chi connectivity index (χ3n) is 2.29. The van der Waals surface area contributed by atoms with Gasteiger partial charge in [0.15, 0.2) is 0 Å². The first-order valence-corrected chi connectivity index (χ1v) is 6.50. The highest BCUT2D eigenvalue weighted by atomic mass is 79.9. The molecule has 0 aliphatic heterocycles. The molecule has 0 saturated heterocycles. The fraction of sp³-hybridized carbons (Fsp3) is 0.273. The van der Waals surface area contributed by atoms with Crippen LogP contribution in [0.3, 0.4) is 0 Å². The molecule has 0 aliphatic rings. The number of aromatic nitrogens is 2. The van der Waals surface area contributed by atoms with Crippen LogP contribution in [-0.2, 0) is 12.6 Å². The van der Waals surface area contributed by atoms with Crippen LogP contribution in [0.1, 0.15) is 11.5 Å². The standard InChI is InChI=1S/C11H7BrClF3N2O/c12-8-2-1-6(5-7(8)11(14,15)16)10-18-17-9(19-10)3-4-13/h1-2,5H,3-4H2. The van der Waals surface area contributed by atoms with Crippen molar-refractivity contribution < 1.29 is 17.6 Å². The van der Waals surface area contributed by atoms with Crippen LogP contribution in [0.25, 0.3) is 11.5 Å². The summed E-state index contributed by atoms with van der Waals surface area (Å²) in [5.41, 5.74) is -0.578. The third-order valence-corrected chi connectivity index (χ3v) is 3.17. The number of hydrogen-bond donors (Lipinski definition) is 0. The molecule has 1 aromatic carbocycles. The van der Waals surface area contributed by atoms with Crippen molar-refractivity contribution in [2.75, 3.05) is 5.88 Å². The van der Waals surface area contributed by atoms with Crippen molar-refractivity contribution >= 4 is 27.5 Å². The lowest BCUT2D eigenvalue weighted by Gasteiger charge is -2.09. The van der Waals surface area contributed by atoms with Gasteiger partial charge in [0.2, 0.25) is 11.8 Å². The molecule has 0 atom stereocenters. The van der Waals surface area contributed by atoms with Gasteiger partial charge in [-0.25, -0.2) is 0 Å². The summed E-state index contributed by atoms with van der Waals surface area (Å²) in [5.74, 6) is 0.634. The second kappa shape index (κ2) is 5.50. The molecular weight excluding hydrogens is 348 g/mol. The predicted molar refractivity (Wildman–Crippen MR) is 66.9 cm³/mol. The van der Waals surface area contributed by atoms with E-state index in [1.54, 1.807) is 0 Å². The molecule has 8 heteroatoms. The molecule has 0 spiro atoms. The summed E-state index contributed by atoms with van der Waals surface area (Å²) in [5, 5.41) is 7.40. The Morgan fingerprint density at radius 3 is 2.63 bits per heavy atom. The summed E-state index contributed by atoms with van der Waals surface area (Å²) in [6.45, 7) is 0. The first-order valence-electron chi connectivity index (χ1n) is 5.17. The first kappa shape index (κ1) is 14.3. The molecule has 0 N–H and O–H groups in total. The SMILES string of the molecule is FC(F)(F)c1cc(-c2nnc(CCCl)o2)ccc1Br. The van der Waals surface area contributed by atoms with Crippen LogP contribution in [0.5, 0.6) is 0 Å². The van der Waals surface area contributed by atoms with Gasteiger partial charge in [-0.05, 0) is 18.2 Å². The smallest absolute Gasteiger partial charge is 0.417 e. The summed E-state index contributed by atoms with van der Waals surface area (Å²) in [6, 6.07) is 3.73. The molecule has 0 unspecified atom stereocenters. The molecule has 2 rings (SSSR count). The number of hydrogen-bond acceptors (Lipinski definition) is 3. The number of rotatable bonds is 3. The minimum Gasteiger partial charge on any atom is -0.421 e. The first-order chi connectivity index (χ1) is 8.91. The molecule has 1 aromatic heterocycles. The van der Waals surface area contributed by atoms with E-state index in [4.69, 9.17) is 16.0 Å². The summed E-state index contributed by atoms with van der Waals surface area (Å²) >= 11 is 8.38. The summed E-state index contributed by atoms with van der Waals surface area (Å²) < 4.78 is 43.5. The molecule has 0 saturated carbocycles. The second-order valence-corrected chi connectivity index (χ2v) is 4.86. The minimum atomic E-state index is -4.45. The highest BCUT2D eigenvalue weighted by molar-refractivity contribution is 9.10. The van der Waals surface area contributed by atoms with Gasteiger partial charge in [-0.1, -0.05) is 15.9 Å². The van der Waals surface area contributed by atoms with Gasteiger partial charge < -0.3 is 4.42 Å². The number of halogens is 5. The Morgan fingerprint density at radius 2 is 2.00 bits per heavy atom. The Balaban J connectivity index is 2.39. The van der Waals surface area contributed by atoms with E-state index in [1.165, 1.54) is 12.1 Å². The van der Waals surface area contributed by atoms with E-state index in [-0.39, 0.29) is 15.9 Å². The Labute approximate surface area is 119 Å². The van der Waals surface area contributed by atoms with Crippen LogP contribution in [0.4, 0.5) is 13.2 Å². The van der Waals surface area contributed by atoms with Crippen molar-refractivity contribution in [1.82, 2.24) is 10.2 Å². The summed E-state index contributed by atoms with van der Waals surface area (Å²) in [6.07, 6.45) is -4.08. The Kier molecular flexibility index (Phi) is 4.15. The molecular formula is C11H7BrClF3N2O. The Hall–Kier alpha value is -1.08. The van der Waals surface area contributed by atoms with Crippen LogP contribution in [-0.4, -0.2) is 16.1 Å². The van der Waals surface area contributed by atoms with Gasteiger partial charge in [0, 0.05) is 22.3 Å². The van der Waals surface area contributed by atoms with Crippen molar-refractivity contribution in [1.29, 1.82) is 0 Å². The lowest BCUT2D eigenvalue weighted by molar-refractivity contribution is -0.138. The van der Waals surface area contributed by atoms with Crippen molar-refractivity contribution in [3.05, 3.63) is 34.1 Å². The van der Waals surface area contributed by atoms with Gasteiger partial charge in [-0.3, -0.25) is 0 Å². The topological polar surface area (TPSA) is 38.9 Å². The summed E-state index contributed by atoms with van der Waals surface area (Å²) in [7, 11) is 0.